The highest BCUT2D eigenvalue weighted by Gasteiger charge is 2.56. The molecule has 1 aromatic carbocycles. The first-order valence-corrected chi connectivity index (χ1v) is 11.7. The predicted octanol–water partition coefficient (Wildman–Crippen LogP) is 1.18. The fourth-order valence-electron chi connectivity index (χ4n) is 5.98. The summed E-state index contributed by atoms with van der Waals surface area (Å²) in [6.45, 7) is 4.14. The number of aliphatic hydroxyl groups excluding tert-OH is 1. The lowest BCUT2D eigenvalue weighted by molar-refractivity contribution is -0.141. The van der Waals surface area contributed by atoms with Gasteiger partial charge in [-0.25, -0.2) is 0 Å². The smallest absolute Gasteiger partial charge is 0.269 e. The summed E-state index contributed by atoms with van der Waals surface area (Å²) >= 11 is 0. The van der Waals surface area contributed by atoms with E-state index in [-0.39, 0.29) is 41.6 Å². The molecule has 1 aliphatic heterocycles. The molecule has 3 fully saturated rings. The van der Waals surface area contributed by atoms with Crippen molar-refractivity contribution in [2.45, 2.75) is 76.7 Å². The summed E-state index contributed by atoms with van der Waals surface area (Å²) in [5, 5.41) is 18.2. The van der Waals surface area contributed by atoms with E-state index in [0.29, 0.717) is 29.7 Å². The van der Waals surface area contributed by atoms with Crippen LogP contribution < -0.4 is 11.1 Å². The van der Waals surface area contributed by atoms with Gasteiger partial charge in [-0.1, -0.05) is 32.0 Å². The third kappa shape index (κ3) is 4.10. The molecule has 2 aliphatic carbocycles. The first-order valence-electron chi connectivity index (χ1n) is 11.7. The molecular formula is C24H31N5O4. The molecule has 9 heteroatoms. The number of carbonyl (C=O) groups excluding carboxylic acids is 3. The lowest BCUT2D eigenvalue weighted by Gasteiger charge is -2.39. The number of nitrogens with zero attached hydrogens (tertiary/aromatic N) is 3. The largest absolute Gasteiger partial charge is 0.393 e. The van der Waals surface area contributed by atoms with Crippen LogP contribution in [0.4, 0.5) is 0 Å². The van der Waals surface area contributed by atoms with E-state index < -0.39 is 18.1 Å². The number of rotatable bonds is 5. The van der Waals surface area contributed by atoms with Crippen LogP contribution in [0.1, 0.15) is 56.4 Å². The van der Waals surface area contributed by atoms with Crippen molar-refractivity contribution in [1.29, 1.82) is 0 Å². The molecular weight excluding hydrogens is 422 g/mol. The van der Waals surface area contributed by atoms with Gasteiger partial charge in [-0.05, 0) is 49.5 Å². The number of nitrogens with two attached hydrogens (primary N) is 1. The highest BCUT2D eigenvalue weighted by atomic mass is 16.3. The van der Waals surface area contributed by atoms with Crippen molar-refractivity contribution in [3.05, 3.63) is 30.0 Å². The lowest BCUT2D eigenvalue weighted by atomic mass is 9.73. The third-order valence-electron chi connectivity index (χ3n) is 7.36. The number of aromatic nitrogens is 2. The van der Waals surface area contributed by atoms with Gasteiger partial charge in [0, 0.05) is 17.5 Å². The number of likely N-dealkylation sites (tertiary alicyclic amines) is 1. The number of hydrogen-bond acceptors (Lipinski definition) is 5. The molecule has 1 saturated heterocycles. The topological polar surface area (TPSA) is 131 Å². The molecule has 0 bridgehead atoms. The van der Waals surface area contributed by atoms with Crippen LogP contribution in [-0.4, -0.2) is 61.7 Å². The van der Waals surface area contributed by atoms with Crippen LogP contribution in [0.2, 0.25) is 0 Å². The number of primary amides is 1. The van der Waals surface area contributed by atoms with Crippen LogP contribution >= 0.6 is 0 Å². The van der Waals surface area contributed by atoms with Crippen LogP contribution in [0.15, 0.2) is 24.3 Å². The summed E-state index contributed by atoms with van der Waals surface area (Å²) in [7, 11) is 0. The van der Waals surface area contributed by atoms with Gasteiger partial charge in [-0.2, -0.15) is 5.10 Å². The molecule has 33 heavy (non-hydrogen) atoms. The number of benzene rings is 1. The summed E-state index contributed by atoms with van der Waals surface area (Å²) in [5.74, 6) is -0.619. The molecule has 2 saturated carbocycles. The Kier molecular flexibility index (Phi) is 5.19. The number of carbonyl (C=O) groups is 3. The van der Waals surface area contributed by atoms with Crippen molar-refractivity contribution in [1.82, 2.24) is 20.0 Å². The van der Waals surface area contributed by atoms with Gasteiger partial charge >= 0.3 is 0 Å². The summed E-state index contributed by atoms with van der Waals surface area (Å²) in [6, 6.07) is 6.64. The second kappa shape index (κ2) is 7.83. The fourth-order valence-corrected chi connectivity index (χ4v) is 5.98. The Hall–Kier alpha value is -2.94. The normalized spacial score (nSPS) is 30.2. The number of aliphatic hydroxyl groups is 1. The molecule has 5 rings (SSSR count). The zero-order chi connectivity index (χ0) is 23.5. The fraction of sp³-hybridized carbons (Fsp3) is 0.583. The molecule has 2 heterocycles. The minimum atomic E-state index is -0.643. The van der Waals surface area contributed by atoms with E-state index in [1.165, 1.54) is 4.68 Å². The average Bonchev–Trinajstić information content (AvgIpc) is 3.22. The monoisotopic (exact) mass is 453 g/mol. The number of fused-ring (bicyclic) bond motifs is 2. The van der Waals surface area contributed by atoms with Crippen molar-refractivity contribution >= 4 is 28.6 Å². The van der Waals surface area contributed by atoms with Crippen LogP contribution in [0.25, 0.3) is 10.9 Å². The molecule has 3 amide bonds. The Morgan fingerprint density at radius 2 is 1.94 bits per heavy atom. The van der Waals surface area contributed by atoms with Crippen LogP contribution in [0.3, 0.4) is 0 Å². The zero-order valence-corrected chi connectivity index (χ0v) is 19.0. The molecule has 9 nitrogen and oxygen atoms in total. The highest BCUT2D eigenvalue weighted by Crippen LogP contribution is 2.48. The van der Waals surface area contributed by atoms with Crippen molar-refractivity contribution in [3.63, 3.8) is 0 Å². The van der Waals surface area contributed by atoms with E-state index in [4.69, 9.17) is 5.73 Å². The van der Waals surface area contributed by atoms with E-state index in [0.717, 1.165) is 19.3 Å². The molecule has 176 valence electrons. The Labute approximate surface area is 192 Å². The lowest BCUT2D eigenvalue weighted by Crippen LogP contribution is -2.53. The van der Waals surface area contributed by atoms with Gasteiger partial charge in [-0.3, -0.25) is 19.1 Å². The summed E-state index contributed by atoms with van der Waals surface area (Å²) in [4.78, 5) is 40.1. The van der Waals surface area contributed by atoms with E-state index in [1.807, 2.05) is 6.07 Å². The minimum absolute atomic E-state index is 0.0395. The molecule has 1 aromatic heterocycles. The number of hydrogen-bond donors (Lipinski definition) is 3. The SMILES string of the molecule is CC1(C)C[C@H](O)C[C@@H](NC(=O)[C@@H]2CC3C[C@H]3N2C(=O)Cn2nc(C(N)=O)c3ccccc32)C1. The molecule has 1 unspecified atom stereocenters. The second-order valence-corrected chi connectivity index (χ2v) is 10.7. The highest BCUT2D eigenvalue weighted by molar-refractivity contribution is 6.04. The Morgan fingerprint density at radius 3 is 2.67 bits per heavy atom. The number of piperidine rings is 1. The Bertz CT molecular complexity index is 1130. The quantitative estimate of drug-likeness (QED) is 0.626. The molecule has 3 aliphatic rings. The third-order valence-corrected chi connectivity index (χ3v) is 7.36. The predicted molar refractivity (Wildman–Crippen MR) is 121 cm³/mol. The number of amides is 3. The van der Waals surface area contributed by atoms with Crippen LogP contribution in [-0.2, 0) is 16.1 Å². The molecule has 0 spiro atoms. The Balaban J connectivity index is 1.33. The van der Waals surface area contributed by atoms with Gasteiger partial charge < -0.3 is 21.1 Å². The zero-order valence-electron chi connectivity index (χ0n) is 19.0. The average molecular weight is 454 g/mol. The summed E-state index contributed by atoms with van der Waals surface area (Å²) in [6.07, 6.45) is 3.21. The number of nitrogens with one attached hydrogen (secondary N) is 1. The van der Waals surface area contributed by atoms with Crippen molar-refractivity contribution in [3.8, 4) is 0 Å². The molecule has 0 radical (unpaired) electrons. The molecule has 2 aromatic rings. The van der Waals surface area contributed by atoms with Gasteiger partial charge in [-0.15, -0.1) is 0 Å². The van der Waals surface area contributed by atoms with Crippen LogP contribution in [0.5, 0.6) is 0 Å². The van der Waals surface area contributed by atoms with E-state index in [9.17, 15) is 19.5 Å². The molecule has 5 atom stereocenters. The molecule has 4 N–H and O–H groups in total. The summed E-state index contributed by atoms with van der Waals surface area (Å²) in [5.41, 5.74) is 6.23. The second-order valence-electron chi connectivity index (χ2n) is 10.7. The maximum Gasteiger partial charge on any atom is 0.269 e. The first-order chi connectivity index (χ1) is 15.6. The van der Waals surface area contributed by atoms with Crippen molar-refractivity contribution in [2.75, 3.05) is 0 Å². The van der Waals surface area contributed by atoms with Gasteiger partial charge in [0.15, 0.2) is 5.69 Å². The van der Waals surface area contributed by atoms with E-state index in [1.54, 1.807) is 23.1 Å². The van der Waals surface area contributed by atoms with E-state index in [2.05, 4.69) is 24.3 Å². The van der Waals surface area contributed by atoms with Gasteiger partial charge in [0.25, 0.3) is 5.91 Å². The number of para-hydroxylation sites is 1. The first kappa shape index (κ1) is 21.9. The van der Waals surface area contributed by atoms with Gasteiger partial charge in [0.05, 0.1) is 11.6 Å². The van der Waals surface area contributed by atoms with Crippen molar-refractivity contribution in [2.24, 2.45) is 17.1 Å². The maximum atomic E-state index is 13.4. The van der Waals surface area contributed by atoms with Gasteiger partial charge in [0.1, 0.15) is 12.6 Å². The maximum absolute atomic E-state index is 13.4. The van der Waals surface area contributed by atoms with Gasteiger partial charge in [0.2, 0.25) is 11.8 Å². The van der Waals surface area contributed by atoms with E-state index >= 15 is 0 Å². The Morgan fingerprint density at radius 1 is 1.18 bits per heavy atom. The summed E-state index contributed by atoms with van der Waals surface area (Å²) < 4.78 is 1.50. The minimum Gasteiger partial charge on any atom is -0.393 e. The van der Waals surface area contributed by atoms with Crippen molar-refractivity contribution < 1.29 is 19.5 Å². The standard InChI is InChI=1S/C24H31N5O4/c1-24(2)10-14(9-15(30)11-24)26-23(33)19-8-13-7-18(13)29(19)20(31)12-28-17-6-4-3-5-16(17)21(27-28)22(25)32/h3-6,13-15,18-19,30H,7-12H2,1-2H3,(H2,25,32)(H,26,33)/t13?,14-,15-,18-,19+/m1/s1. The van der Waals surface area contributed by atoms with Crippen LogP contribution in [0, 0.1) is 11.3 Å².